The van der Waals surface area contributed by atoms with Crippen LogP contribution in [0, 0.1) is 5.92 Å². The van der Waals surface area contributed by atoms with Crippen LogP contribution in [0.2, 0.25) is 0 Å². The summed E-state index contributed by atoms with van der Waals surface area (Å²) in [7, 11) is 0. The third-order valence-corrected chi connectivity index (χ3v) is 5.00. The van der Waals surface area contributed by atoms with Gasteiger partial charge >= 0.3 is 12.2 Å². The number of urea groups is 1. The minimum absolute atomic E-state index is 0.317. The maximum atomic E-state index is 13.8. The Morgan fingerprint density at radius 1 is 1.15 bits per heavy atom. The van der Waals surface area contributed by atoms with Crippen LogP contribution in [0.1, 0.15) is 37.7 Å². The molecular formula is C18H20F3N3O3. The SMILES string of the molecule is O=C(N[C@]1(C(F)(F)F)NC(=O)N(Cc2ccccc2)C1=O)C1CCCCC1. The number of alkyl halides is 3. The van der Waals surface area contributed by atoms with Crippen LogP contribution in [-0.2, 0) is 16.1 Å². The fraction of sp³-hybridized carbons (Fsp3) is 0.500. The summed E-state index contributed by atoms with van der Waals surface area (Å²) in [5.41, 5.74) is -2.93. The van der Waals surface area contributed by atoms with Crippen LogP contribution in [0.25, 0.3) is 0 Å². The summed E-state index contributed by atoms with van der Waals surface area (Å²) in [5.74, 6) is -2.97. The predicted molar refractivity (Wildman–Crippen MR) is 89.0 cm³/mol. The zero-order valence-electron chi connectivity index (χ0n) is 14.5. The molecule has 4 amide bonds. The third kappa shape index (κ3) is 3.63. The van der Waals surface area contributed by atoms with Gasteiger partial charge in [0.2, 0.25) is 5.91 Å². The number of nitrogens with zero attached hydrogens (tertiary/aromatic N) is 1. The van der Waals surface area contributed by atoms with E-state index in [4.69, 9.17) is 0 Å². The first kappa shape index (κ1) is 19.2. The Morgan fingerprint density at radius 3 is 2.37 bits per heavy atom. The molecule has 1 aliphatic carbocycles. The molecule has 1 saturated heterocycles. The highest BCUT2D eigenvalue weighted by Gasteiger charge is 2.68. The van der Waals surface area contributed by atoms with Crippen LogP contribution in [0.5, 0.6) is 0 Å². The maximum Gasteiger partial charge on any atom is 0.440 e. The molecule has 9 heteroatoms. The second kappa shape index (κ2) is 7.21. The van der Waals surface area contributed by atoms with Crippen LogP contribution in [0.3, 0.4) is 0 Å². The molecule has 0 unspecified atom stereocenters. The molecule has 0 aromatic heterocycles. The molecule has 2 aliphatic rings. The van der Waals surface area contributed by atoms with Crippen molar-refractivity contribution < 1.29 is 27.6 Å². The number of hydrogen-bond donors (Lipinski definition) is 2. The van der Waals surface area contributed by atoms with E-state index in [0.29, 0.717) is 23.3 Å². The molecule has 27 heavy (non-hydrogen) atoms. The maximum absolute atomic E-state index is 13.8. The van der Waals surface area contributed by atoms with Crippen LogP contribution in [0.4, 0.5) is 18.0 Å². The second-order valence-corrected chi connectivity index (χ2v) is 6.88. The van der Waals surface area contributed by atoms with Crippen LogP contribution in [-0.4, -0.2) is 34.6 Å². The molecule has 1 heterocycles. The lowest BCUT2D eigenvalue weighted by molar-refractivity contribution is -0.205. The van der Waals surface area contributed by atoms with Crippen molar-refractivity contribution >= 4 is 17.8 Å². The summed E-state index contributed by atoms with van der Waals surface area (Å²) >= 11 is 0. The van der Waals surface area contributed by atoms with Crippen LogP contribution in [0.15, 0.2) is 30.3 Å². The first-order valence-electron chi connectivity index (χ1n) is 8.81. The number of carbonyl (C=O) groups is 3. The molecule has 1 aromatic carbocycles. The normalized spacial score (nSPS) is 24.0. The standard InChI is InChI=1S/C18H20F3N3O3/c19-18(20,21)17(22-14(25)13-9-5-2-6-10-13)15(26)24(16(27)23-17)11-12-7-3-1-4-8-12/h1,3-4,7-8,13H,2,5-6,9-11H2,(H,22,25)(H,23,27)/t17-/m0/s1. The van der Waals surface area contributed by atoms with Crippen molar-refractivity contribution in [3.05, 3.63) is 35.9 Å². The van der Waals surface area contributed by atoms with E-state index in [2.05, 4.69) is 0 Å². The van der Waals surface area contributed by atoms with Crippen molar-refractivity contribution in [1.82, 2.24) is 15.5 Å². The number of amides is 4. The topological polar surface area (TPSA) is 78.5 Å². The second-order valence-electron chi connectivity index (χ2n) is 6.88. The Hall–Kier alpha value is -2.58. The molecule has 0 radical (unpaired) electrons. The fourth-order valence-electron chi connectivity index (χ4n) is 3.48. The van der Waals surface area contributed by atoms with Gasteiger partial charge in [0.1, 0.15) is 0 Å². The Labute approximate surface area is 154 Å². The van der Waals surface area contributed by atoms with Gasteiger partial charge in [-0.25, -0.2) is 4.79 Å². The highest BCUT2D eigenvalue weighted by atomic mass is 19.4. The Kier molecular flexibility index (Phi) is 5.12. The van der Waals surface area contributed by atoms with E-state index in [1.807, 2.05) is 5.32 Å². The molecule has 0 bridgehead atoms. The Bertz CT molecular complexity index is 732. The van der Waals surface area contributed by atoms with Crippen molar-refractivity contribution in [2.45, 2.75) is 50.5 Å². The molecule has 1 saturated carbocycles. The van der Waals surface area contributed by atoms with Gasteiger partial charge in [-0.1, -0.05) is 49.6 Å². The number of carbonyl (C=O) groups excluding carboxylic acids is 3. The van der Waals surface area contributed by atoms with Gasteiger partial charge in [0.15, 0.2) is 0 Å². The van der Waals surface area contributed by atoms with E-state index in [1.54, 1.807) is 35.6 Å². The van der Waals surface area contributed by atoms with E-state index in [9.17, 15) is 27.6 Å². The van der Waals surface area contributed by atoms with Crippen molar-refractivity contribution in [3.8, 4) is 0 Å². The lowest BCUT2D eigenvalue weighted by Crippen LogP contribution is -2.70. The zero-order valence-corrected chi connectivity index (χ0v) is 14.5. The van der Waals surface area contributed by atoms with Crippen molar-refractivity contribution in [2.75, 3.05) is 0 Å². The highest BCUT2D eigenvalue weighted by molar-refractivity contribution is 6.09. The van der Waals surface area contributed by atoms with Gasteiger partial charge in [-0.05, 0) is 18.4 Å². The van der Waals surface area contributed by atoms with E-state index in [-0.39, 0.29) is 6.54 Å². The Morgan fingerprint density at radius 2 is 1.78 bits per heavy atom. The summed E-state index contributed by atoms with van der Waals surface area (Å²) in [6.07, 6.45) is -1.81. The van der Waals surface area contributed by atoms with E-state index < -0.39 is 35.6 Å². The molecule has 1 aliphatic heterocycles. The quantitative estimate of drug-likeness (QED) is 0.785. The molecule has 146 valence electrons. The predicted octanol–water partition coefficient (Wildman–Crippen LogP) is 2.69. The van der Waals surface area contributed by atoms with E-state index in [1.165, 1.54) is 0 Å². The fourth-order valence-corrected chi connectivity index (χ4v) is 3.48. The summed E-state index contributed by atoms with van der Waals surface area (Å²) < 4.78 is 41.4. The minimum Gasteiger partial charge on any atom is -0.318 e. The van der Waals surface area contributed by atoms with Crippen LogP contribution >= 0.6 is 0 Å². The molecular weight excluding hydrogens is 363 g/mol. The number of hydrogen-bond acceptors (Lipinski definition) is 3. The van der Waals surface area contributed by atoms with Gasteiger partial charge in [-0.3, -0.25) is 19.8 Å². The number of imide groups is 1. The molecule has 1 aromatic rings. The lowest BCUT2D eigenvalue weighted by Gasteiger charge is -2.32. The number of halogens is 3. The monoisotopic (exact) mass is 383 g/mol. The average Bonchev–Trinajstić information content (AvgIpc) is 2.88. The van der Waals surface area contributed by atoms with Gasteiger partial charge in [0.25, 0.3) is 11.6 Å². The summed E-state index contributed by atoms with van der Waals surface area (Å²) in [6, 6.07) is 7.00. The van der Waals surface area contributed by atoms with Gasteiger partial charge < -0.3 is 5.32 Å². The number of rotatable bonds is 4. The molecule has 2 N–H and O–H groups in total. The average molecular weight is 383 g/mol. The summed E-state index contributed by atoms with van der Waals surface area (Å²) in [6.45, 7) is -0.317. The first-order valence-corrected chi connectivity index (χ1v) is 8.81. The smallest absolute Gasteiger partial charge is 0.318 e. The van der Waals surface area contributed by atoms with E-state index in [0.717, 1.165) is 19.3 Å². The van der Waals surface area contributed by atoms with Gasteiger partial charge in [-0.2, -0.15) is 13.2 Å². The van der Waals surface area contributed by atoms with Crippen LogP contribution < -0.4 is 10.6 Å². The van der Waals surface area contributed by atoms with Crippen molar-refractivity contribution in [1.29, 1.82) is 0 Å². The third-order valence-electron chi connectivity index (χ3n) is 5.00. The molecule has 6 nitrogen and oxygen atoms in total. The first-order chi connectivity index (χ1) is 12.7. The molecule has 1 atom stereocenters. The molecule has 0 spiro atoms. The lowest BCUT2D eigenvalue weighted by atomic mass is 9.88. The van der Waals surface area contributed by atoms with Gasteiger partial charge in [0, 0.05) is 5.92 Å². The van der Waals surface area contributed by atoms with Crippen molar-refractivity contribution in [2.24, 2.45) is 5.92 Å². The number of benzene rings is 1. The molecule has 2 fully saturated rings. The van der Waals surface area contributed by atoms with E-state index >= 15 is 0 Å². The zero-order chi connectivity index (χ0) is 19.7. The number of nitrogens with one attached hydrogen (secondary N) is 2. The highest BCUT2D eigenvalue weighted by Crippen LogP contribution is 2.35. The van der Waals surface area contributed by atoms with Crippen molar-refractivity contribution in [3.63, 3.8) is 0 Å². The minimum atomic E-state index is -5.17. The van der Waals surface area contributed by atoms with Gasteiger partial charge in [0.05, 0.1) is 6.54 Å². The van der Waals surface area contributed by atoms with Gasteiger partial charge in [-0.15, -0.1) is 0 Å². The summed E-state index contributed by atoms with van der Waals surface area (Å²) in [5, 5.41) is 3.49. The molecule has 3 rings (SSSR count). The Balaban J connectivity index is 1.84. The summed E-state index contributed by atoms with van der Waals surface area (Å²) in [4.78, 5) is 37.6. The largest absolute Gasteiger partial charge is 0.440 e.